The van der Waals surface area contributed by atoms with Gasteiger partial charge in [0.2, 0.25) is 17.7 Å². The van der Waals surface area contributed by atoms with Crippen molar-refractivity contribution < 1.29 is 14.4 Å². The highest BCUT2D eigenvalue weighted by Gasteiger charge is 2.29. The number of imidazole rings is 1. The summed E-state index contributed by atoms with van der Waals surface area (Å²) in [6.07, 6.45) is 1.34. The number of aromatic nitrogens is 2. The second-order valence-electron chi connectivity index (χ2n) is 7.08. The second kappa shape index (κ2) is 7.68. The fraction of sp³-hybridized carbons (Fsp3) is 0.474. The maximum atomic E-state index is 12.4. The van der Waals surface area contributed by atoms with Gasteiger partial charge in [0.15, 0.2) is 0 Å². The molecule has 0 aliphatic carbocycles. The molecule has 1 aromatic carbocycles. The molecule has 2 heterocycles. The first kappa shape index (κ1) is 18.1. The molecule has 3 amide bonds. The normalized spacial score (nSPS) is 15.9. The van der Waals surface area contributed by atoms with E-state index in [-0.39, 0.29) is 49.6 Å². The van der Waals surface area contributed by atoms with E-state index >= 15 is 0 Å². The van der Waals surface area contributed by atoms with Crippen LogP contribution in [0.5, 0.6) is 0 Å². The number of hydrogen-bond donors (Lipinski definition) is 2. The van der Waals surface area contributed by atoms with Crippen LogP contribution >= 0.6 is 0 Å². The van der Waals surface area contributed by atoms with Gasteiger partial charge in [-0.3, -0.25) is 19.3 Å². The predicted octanol–water partition coefficient (Wildman–Crippen LogP) is 2.31. The Hall–Kier alpha value is -2.70. The number of nitrogens with zero attached hydrogens (tertiary/aromatic N) is 2. The van der Waals surface area contributed by atoms with Crippen LogP contribution in [0.15, 0.2) is 24.3 Å². The fourth-order valence-corrected chi connectivity index (χ4v) is 3.20. The summed E-state index contributed by atoms with van der Waals surface area (Å²) in [7, 11) is 0. The third-order valence-corrected chi connectivity index (χ3v) is 4.50. The van der Waals surface area contributed by atoms with E-state index in [1.807, 2.05) is 24.3 Å². The standard InChI is InChI=1S/C19H24N4O3/c1-12(2)11-15(19-21-13-5-3-4-6-14(13)22-19)20-16(24)9-10-23-17(25)7-8-18(23)26/h3-6,12,15H,7-11H2,1-2H3,(H,20,24)(H,21,22). The van der Waals surface area contributed by atoms with Gasteiger partial charge in [0.1, 0.15) is 5.82 Å². The number of benzene rings is 1. The number of imide groups is 1. The number of fused-ring (bicyclic) bond motifs is 1. The topological polar surface area (TPSA) is 95.2 Å². The largest absolute Gasteiger partial charge is 0.346 e. The highest BCUT2D eigenvalue weighted by molar-refractivity contribution is 6.02. The monoisotopic (exact) mass is 356 g/mol. The van der Waals surface area contributed by atoms with Crippen molar-refractivity contribution in [3.8, 4) is 0 Å². The zero-order valence-electron chi connectivity index (χ0n) is 15.1. The first-order valence-electron chi connectivity index (χ1n) is 9.01. The van der Waals surface area contributed by atoms with Crippen LogP contribution in [0.4, 0.5) is 0 Å². The molecule has 0 spiro atoms. The summed E-state index contributed by atoms with van der Waals surface area (Å²) in [6.45, 7) is 4.31. The maximum Gasteiger partial charge on any atom is 0.229 e. The smallest absolute Gasteiger partial charge is 0.229 e. The Morgan fingerprint density at radius 2 is 1.92 bits per heavy atom. The molecule has 1 unspecified atom stereocenters. The molecule has 26 heavy (non-hydrogen) atoms. The van der Waals surface area contributed by atoms with Gasteiger partial charge in [-0.1, -0.05) is 26.0 Å². The Kier molecular flexibility index (Phi) is 5.35. The summed E-state index contributed by atoms with van der Waals surface area (Å²) in [5.74, 6) is 0.512. The van der Waals surface area contributed by atoms with Crippen molar-refractivity contribution in [3.63, 3.8) is 0 Å². The van der Waals surface area contributed by atoms with Crippen molar-refractivity contribution in [1.82, 2.24) is 20.2 Å². The Morgan fingerprint density at radius 3 is 2.58 bits per heavy atom. The Labute approximate surface area is 152 Å². The van der Waals surface area contributed by atoms with Crippen molar-refractivity contribution in [3.05, 3.63) is 30.1 Å². The lowest BCUT2D eigenvalue weighted by atomic mass is 10.0. The highest BCUT2D eigenvalue weighted by atomic mass is 16.2. The lowest BCUT2D eigenvalue weighted by Gasteiger charge is -2.20. The molecule has 3 rings (SSSR count). The van der Waals surface area contributed by atoms with E-state index in [0.29, 0.717) is 5.92 Å². The number of rotatable bonds is 7. The van der Waals surface area contributed by atoms with Crippen molar-refractivity contribution in [2.45, 2.75) is 45.6 Å². The van der Waals surface area contributed by atoms with Crippen LogP contribution < -0.4 is 5.32 Å². The maximum absolute atomic E-state index is 12.4. The van der Waals surface area contributed by atoms with Crippen LogP contribution in [-0.4, -0.2) is 39.1 Å². The van der Waals surface area contributed by atoms with E-state index in [4.69, 9.17) is 0 Å². The molecule has 7 nitrogen and oxygen atoms in total. The van der Waals surface area contributed by atoms with Gasteiger partial charge in [-0.25, -0.2) is 4.98 Å². The minimum absolute atomic E-state index is 0.103. The van der Waals surface area contributed by atoms with E-state index in [9.17, 15) is 14.4 Å². The van der Waals surface area contributed by atoms with Gasteiger partial charge in [-0.05, 0) is 24.5 Å². The van der Waals surface area contributed by atoms with Crippen LogP contribution in [0.25, 0.3) is 11.0 Å². The number of aromatic amines is 1. The van der Waals surface area contributed by atoms with Crippen molar-refractivity contribution in [2.24, 2.45) is 5.92 Å². The summed E-state index contributed by atoms with van der Waals surface area (Å²) in [6, 6.07) is 7.50. The molecule has 0 saturated carbocycles. The summed E-state index contributed by atoms with van der Waals surface area (Å²) >= 11 is 0. The fourth-order valence-electron chi connectivity index (χ4n) is 3.20. The van der Waals surface area contributed by atoms with Crippen molar-refractivity contribution >= 4 is 28.8 Å². The Balaban J connectivity index is 1.66. The average molecular weight is 356 g/mol. The quantitative estimate of drug-likeness (QED) is 0.744. The zero-order valence-corrected chi connectivity index (χ0v) is 15.1. The van der Waals surface area contributed by atoms with Crippen molar-refractivity contribution in [2.75, 3.05) is 6.54 Å². The van der Waals surface area contributed by atoms with Gasteiger partial charge < -0.3 is 10.3 Å². The van der Waals surface area contributed by atoms with Gasteiger partial charge in [-0.15, -0.1) is 0 Å². The molecule has 1 fully saturated rings. The molecule has 138 valence electrons. The first-order valence-corrected chi connectivity index (χ1v) is 9.01. The van der Waals surface area contributed by atoms with Crippen LogP contribution in [-0.2, 0) is 14.4 Å². The Bertz CT molecular complexity index is 778. The number of carbonyl (C=O) groups is 3. The van der Waals surface area contributed by atoms with E-state index in [1.165, 1.54) is 4.90 Å². The average Bonchev–Trinajstić information content (AvgIpc) is 3.16. The third-order valence-electron chi connectivity index (χ3n) is 4.50. The summed E-state index contributed by atoms with van der Waals surface area (Å²) in [5.41, 5.74) is 1.79. The van der Waals surface area contributed by atoms with Crippen LogP contribution in [0.3, 0.4) is 0 Å². The molecule has 1 atom stereocenters. The molecule has 1 saturated heterocycles. The van der Waals surface area contributed by atoms with E-state index in [1.54, 1.807) is 0 Å². The molecule has 1 aliphatic heterocycles. The SMILES string of the molecule is CC(C)CC(NC(=O)CCN1C(=O)CCC1=O)c1nc2ccccc2[nH]1. The van der Waals surface area contributed by atoms with Crippen molar-refractivity contribution in [1.29, 1.82) is 0 Å². The molecular weight excluding hydrogens is 332 g/mol. The van der Waals surface area contributed by atoms with E-state index in [0.717, 1.165) is 23.3 Å². The van der Waals surface area contributed by atoms with Gasteiger partial charge in [0, 0.05) is 25.8 Å². The molecule has 1 aliphatic rings. The number of para-hydroxylation sites is 2. The van der Waals surface area contributed by atoms with Gasteiger partial charge in [-0.2, -0.15) is 0 Å². The zero-order chi connectivity index (χ0) is 18.7. The Morgan fingerprint density at radius 1 is 1.23 bits per heavy atom. The predicted molar refractivity (Wildman–Crippen MR) is 97.0 cm³/mol. The number of hydrogen-bond acceptors (Lipinski definition) is 4. The van der Waals surface area contributed by atoms with Crippen LogP contribution in [0.2, 0.25) is 0 Å². The van der Waals surface area contributed by atoms with Gasteiger partial charge >= 0.3 is 0 Å². The molecule has 2 aromatic rings. The van der Waals surface area contributed by atoms with Crippen LogP contribution in [0, 0.1) is 5.92 Å². The van der Waals surface area contributed by atoms with Gasteiger partial charge in [0.25, 0.3) is 0 Å². The molecule has 2 N–H and O–H groups in total. The van der Waals surface area contributed by atoms with E-state index < -0.39 is 0 Å². The highest BCUT2D eigenvalue weighted by Crippen LogP contribution is 2.22. The molecular formula is C19H24N4O3. The van der Waals surface area contributed by atoms with E-state index in [2.05, 4.69) is 29.1 Å². The molecule has 0 radical (unpaired) electrons. The van der Waals surface area contributed by atoms with Gasteiger partial charge in [0.05, 0.1) is 17.1 Å². The van der Waals surface area contributed by atoms with Crippen LogP contribution in [0.1, 0.15) is 51.4 Å². The number of amides is 3. The number of nitrogens with one attached hydrogen (secondary N) is 2. The molecule has 1 aromatic heterocycles. The number of carbonyl (C=O) groups excluding carboxylic acids is 3. The summed E-state index contributed by atoms with van der Waals surface area (Å²) in [4.78, 5) is 44.7. The number of H-pyrrole nitrogens is 1. The summed E-state index contributed by atoms with van der Waals surface area (Å²) < 4.78 is 0. The first-order chi connectivity index (χ1) is 12.4. The molecule has 0 bridgehead atoms. The minimum Gasteiger partial charge on any atom is -0.346 e. The molecule has 7 heteroatoms. The second-order valence-corrected chi connectivity index (χ2v) is 7.08. The third kappa shape index (κ3) is 4.09. The lowest BCUT2D eigenvalue weighted by Crippen LogP contribution is -2.36. The number of likely N-dealkylation sites (tertiary alicyclic amines) is 1. The minimum atomic E-state index is -0.236. The lowest BCUT2D eigenvalue weighted by molar-refractivity contribution is -0.138. The summed E-state index contributed by atoms with van der Waals surface area (Å²) in [5, 5.41) is 3.00.